The molecule has 0 fully saturated rings. The van der Waals surface area contributed by atoms with Gasteiger partial charge in [-0.15, -0.1) is 22.7 Å². The Balaban J connectivity index is 0.000000487. The first kappa shape index (κ1) is 77.9. The maximum absolute atomic E-state index is 5.44. The van der Waals surface area contributed by atoms with Crippen LogP contribution in [-0.4, -0.2) is 58.6 Å². The third-order valence-corrected chi connectivity index (χ3v) is 14.1. The molecule has 8 aromatic heterocycles. The number of aromatic nitrogens is 12. The van der Waals surface area contributed by atoms with Gasteiger partial charge in [0.05, 0.1) is 56.9 Å². The van der Waals surface area contributed by atoms with Crippen LogP contribution in [0, 0.1) is 20.8 Å². The van der Waals surface area contributed by atoms with Crippen LogP contribution in [0.1, 0.15) is 294 Å². The number of nitrogens with one attached hydrogen (secondary N) is 3. The topological polar surface area (TPSA) is 190 Å². The Labute approximate surface area is 528 Å². The number of imidazole rings is 3. The van der Waals surface area contributed by atoms with Crippen LogP contribution in [0.2, 0.25) is 0 Å². The minimum atomic E-state index is 0.00347. The Kier molecular flexibility index (Phi) is 28.6. The minimum Gasteiger partial charge on any atom is -0.449 e. The zero-order chi connectivity index (χ0) is 66.2. The summed E-state index contributed by atoms with van der Waals surface area (Å²) in [5.74, 6) is 4.76. The lowest BCUT2D eigenvalue weighted by molar-refractivity contribution is 0.392. The van der Waals surface area contributed by atoms with E-state index in [9.17, 15) is 0 Å². The van der Waals surface area contributed by atoms with Gasteiger partial charge in [0, 0.05) is 108 Å². The largest absolute Gasteiger partial charge is 0.449 e. The summed E-state index contributed by atoms with van der Waals surface area (Å²) in [5, 5.41) is 5.39. The molecule has 14 nitrogen and oxygen atoms in total. The van der Waals surface area contributed by atoms with Crippen LogP contribution in [0.3, 0.4) is 0 Å². The molecule has 0 amide bonds. The number of thiazole rings is 2. The van der Waals surface area contributed by atoms with E-state index in [1.54, 1.807) is 35.2 Å². The predicted octanol–water partition coefficient (Wildman–Crippen LogP) is 19.9. The molecule has 0 unspecified atom stereocenters. The molecule has 0 saturated heterocycles. The zero-order valence-electron chi connectivity index (χ0n) is 59.5. The Bertz CT molecular complexity index is 2770. The molecule has 8 aromatic rings. The standard InChI is InChI=1S/C11H20N2.C11H19NO.C9H16N2.C8H14N2.C8H13NO.C8H13NS.C7H11NS.C6H10N2S/c1-10(2,3)8-7-12-9(13-8)11(4,5)6;1-10(2,3)8-7-13-9(12-8)11(4,5)6;1-5-7-6-10-8(11-7)9(2,3)4;1-6-5-9-7(10-6)8(2,3)4;2*1-6-9-7(5-10-6)8(2,3)4;1-7(2,3)6-4-9-5-8-6;1-6(2,3)5-4-7-9-8-5/h7H,1-6H3,(H,12,13);7H,1-6H3;6H,5H2,1-4H3,(H,10,11);5H,1-4H3,(H,9,10);2*5H,1-4H3;4-5H,1-3H3;4H,1-3H3. The highest BCUT2D eigenvalue weighted by atomic mass is 32.1. The van der Waals surface area contributed by atoms with Crippen molar-refractivity contribution in [3.05, 3.63) is 133 Å². The summed E-state index contributed by atoms with van der Waals surface area (Å²) >= 11 is 4.64. The molecule has 8 rings (SSSR count). The lowest BCUT2D eigenvalue weighted by Crippen LogP contribution is -2.15. The first-order valence-corrected chi connectivity index (χ1v) is 32.3. The van der Waals surface area contributed by atoms with Gasteiger partial charge in [-0.25, -0.2) is 34.9 Å². The molecule has 85 heavy (non-hydrogen) atoms. The highest BCUT2D eigenvalue weighted by Gasteiger charge is 2.26. The van der Waals surface area contributed by atoms with Crippen LogP contribution in [0.15, 0.2) is 62.4 Å². The number of aryl methyl sites for hydroxylation is 4. The molecule has 0 bridgehead atoms. The molecular weight excluding hydrogens is 1110 g/mol. The van der Waals surface area contributed by atoms with E-state index in [-0.39, 0.29) is 54.1 Å². The summed E-state index contributed by atoms with van der Waals surface area (Å²) in [6, 6.07) is 0. The monoisotopic (exact) mass is 1230 g/mol. The van der Waals surface area contributed by atoms with Gasteiger partial charge < -0.3 is 23.8 Å². The summed E-state index contributed by atoms with van der Waals surface area (Å²) in [6.45, 7) is 72.5. The number of nitrogens with zero attached hydrogens (tertiary/aromatic N) is 9. The third-order valence-electron chi connectivity index (χ3n) is 12.2. The normalized spacial score (nSPS) is 12.4. The van der Waals surface area contributed by atoms with Crippen LogP contribution < -0.4 is 0 Å². The molecule has 0 aromatic carbocycles. The van der Waals surface area contributed by atoms with Crippen molar-refractivity contribution in [1.29, 1.82) is 0 Å². The van der Waals surface area contributed by atoms with Gasteiger partial charge in [-0.2, -0.15) is 8.75 Å². The molecule has 0 aliphatic carbocycles. The number of hydrogen-bond donors (Lipinski definition) is 3. The highest BCUT2D eigenvalue weighted by Crippen LogP contribution is 2.29. The van der Waals surface area contributed by atoms with Crippen molar-refractivity contribution in [2.24, 2.45) is 0 Å². The van der Waals surface area contributed by atoms with E-state index in [0.717, 1.165) is 63.5 Å². The Hall–Kier alpha value is -5.13. The van der Waals surface area contributed by atoms with Crippen LogP contribution >= 0.6 is 34.4 Å². The van der Waals surface area contributed by atoms with Gasteiger partial charge in [-0.3, -0.25) is 0 Å². The summed E-state index contributed by atoms with van der Waals surface area (Å²) in [7, 11) is 0. The Morgan fingerprint density at radius 2 is 0.871 bits per heavy atom. The van der Waals surface area contributed by atoms with Gasteiger partial charge in [0.1, 0.15) is 30.0 Å². The molecule has 478 valence electrons. The summed E-state index contributed by atoms with van der Waals surface area (Å²) in [5.41, 5.74) is 12.3. The quantitative estimate of drug-likeness (QED) is 0.142. The second-order valence-corrected chi connectivity index (χ2v) is 34.2. The van der Waals surface area contributed by atoms with Crippen molar-refractivity contribution >= 4 is 34.4 Å². The van der Waals surface area contributed by atoms with Crippen molar-refractivity contribution in [3.8, 4) is 0 Å². The first-order valence-electron chi connectivity index (χ1n) is 29.8. The van der Waals surface area contributed by atoms with Gasteiger partial charge in [0.25, 0.3) is 0 Å². The van der Waals surface area contributed by atoms with E-state index >= 15 is 0 Å². The minimum absolute atomic E-state index is 0.00347. The van der Waals surface area contributed by atoms with Crippen molar-refractivity contribution in [2.45, 2.75) is 296 Å². The average molecular weight is 1230 g/mol. The van der Waals surface area contributed by atoms with Crippen LogP contribution in [0.25, 0.3) is 0 Å². The van der Waals surface area contributed by atoms with Crippen molar-refractivity contribution in [2.75, 3.05) is 0 Å². The SMILES string of the molecule is CC(C)(C)c1cnc(C(C)(C)C)[nH]1.CC(C)(C)c1cnsn1.CC(C)(C)c1coc(C(C)(C)C)n1.CC(C)(C)c1cscn1.CCc1cnc(C(C)(C)C)[nH]1.Cc1cnc(C(C)(C)C)[nH]1.Cc1nc(C(C)(C)C)co1.Cc1nc(C(C)(C)C)cs1. The Morgan fingerprint density at radius 1 is 0.412 bits per heavy atom. The molecule has 0 saturated carbocycles. The fourth-order valence-electron chi connectivity index (χ4n) is 6.25. The van der Waals surface area contributed by atoms with Crippen LogP contribution in [0.5, 0.6) is 0 Å². The van der Waals surface area contributed by atoms with E-state index in [1.807, 2.05) is 51.1 Å². The smallest absolute Gasteiger partial charge is 0.199 e. The summed E-state index contributed by atoms with van der Waals surface area (Å²) < 4.78 is 18.6. The van der Waals surface area contributed by atoms with Gasteiger partial charge in [-0.1, -0.05) is 215 Å². The first-order chi connectivity index (χ1) is 38.2. The predicted molar refractivity (Wildman–Crippen MR) is 363 cm³/mol. The summed E-state index contributed by atoms with van der Waals surface area (Å²) in [6.07, 6.45) is 12.1. The average Bonchev–Trinajstić information content (AvgIpc) is 4.41. The van der Waals surface area contributed by atoms with Gasteiger partial charge in [0.15, 0.2) is 11.8 Å². The van der Waals surface area contributed by atoms with Gasteiger partial charge in [0.2, 0.25) is 0 Å². The summed E-state index contributed by atoms with van der Waals surface area (Å²) in [4.78, 5) is 40.1. The maximum Gasteiger partial charge on any atom is 0.199 e. The number of hydrogen-bond acceptors (Lipinski definition) is 14. The maximum atomic E-state index is 5.44. The molecule has 0 spiro atoms. The fourth-order valence-corrected chi connectivity index (χ4v) is 8.48. The number of H-pyrrole nitrogens is 3. The molecule has 17 heteroatoms. The van der Waals surface area contributed by atoms with E-state index < -0.39 is 0 Å². The van der Waals surface area contributed by atoms with Crippen LogP contribution in [0.4, 0.5) is 0 Å². The molecule has 3 N–H and O–H groups in total. The van der Waals surface area contributed by atoms with E-state index in [0.29, 0.717) is 0 Å². The van der Waals surface area contributed by atoms with E-state index in [4.69, 9.17) is 8.83 Å². The lowest BCUT2D eigenvalue weighted by Gasteiger charge is -2.17. The number of oxazole rings is 2. The number of rotatable bonds is 1. The molecule has 0 aliphatic heterocycles. The lowest BCUT2D eigenvalue weighted by atomic mass is 9.92. The van der Waals surface area contributed by atoms with Crippen molar-refractivity contribution < 1.29 is 8.83 Å². The van der Waals surface area contributed by atoms with Gasteiger partial charge >= 0.3 is 0 Å². The van der Waals surface area contributed by atoms with E-state index in [1.165, 1.54) is 34.5 Å². The zero-order valence-corrected chi connectivity index (χ0v) is 61.9. The Morgan fingerprint density at radius 3 is 1.09 bits per heavy atom. The second kappa shape index (κ2) is 31.2. The molecule has 0 atom stereocenters. The van der Waals surface area contributed by atoms with Gasteiger partial charge in [-0.05, 0) is 20.3 Å². The molecule has 0 aliphatic rings. The molecule has 8 heterocycles. The number of aromatic amines is 3. The van der Waals surface area contributed by atoms with Crippen molar-refractivity contribution in [1.82, 2.24) is 58.6 Å². The van der Waals surface area contributed by atoms with Crippen LogP contribution in [-0.2, 0) is 60.6 Å². The van der Waals surface area contributed by atoms with Crippen molar-refractivity contribution in [3.63, 3.8) is 0 Å². The second-order valence-electron chi connectivity index (χ2n) is 31.9. The molecular formula is C68H116N12O2S3. The van der Waals surface area contributed by atoms with E-state index in [2.05, 4.69) is 284 Å². The molecule has 0 radical (unpaired) electrons. The highest BCUT2D eigenvalue weighted by molar-refractivity contribution is 7.09. The third kappa shape index (κ3) is 29.9. The fraction of sp³-hybridized carbons (Fsp3) is 0.662.